The van der Waals surface area contributed by atoms with E-state index in [0.29, 0.717) is 31.9 Å². The Hall–Kier alpha value is -4.94. The Morgan fingerprint density at radius 2 is 1.15 bits per heavy atom. The van der Waals surface area contributed by atoms with Crippen LogP contribution in [0.2, 0.25) is 0 Å². The fraction of sp³-hybridized carbons (Fsp3) is 0.476. The van der Waals surface area contributed by atoms with Crippen LogP contribution in [0.3, 0.4) is 0 Å². The number of benzene rings is 3. The van der Waals surface area contributed by atoms with Crippen LogP contribution >= 0.6 is 15.9 Å². The molecule has 0 saturated carbocycles. The third kappa shape index (κ3) is 19.4. The molecule has 330 valence electrons. The molecule has 0 bridgehead atoms. The lowest BCUT2D eigenvalue weighted by atomic mass is 10.1. The van der Waals surface area contributed by atoms with Crippen LogP contribution in [0, 0.1) is 0 Å². The van der Waals surface area contributed by atoms with Crippen LogP contribution in [0.4, 0.5) is 17.6 Å². The molecule has 0 N–H and O–H groups in total. The van der Waals surface area contributed by atoms with Crippen molar-refractivity contribution in [2.24, 2.45) is 0 Å². The smallest absolute Gasteiger partial charge is 0.358 e. The highest BCUT2D eigenvalue weighted by atomic mass is 79.9. The van der Waals surface area contributed by atoms with Crippen molar-refractivity contribution in [1.29, 1.82) is 0 Å². The van der Waals surface area contributed by atoms with Crippen LogP contribution in [0.25, 0.3) is 11.0 Å². The number of hydrogen-bond acceptors (Lipinski definition) is 12. The van der Waals surface area contributed by atoms with Crippen molar-refractivity contribution in [1.82, 2.24) is 24.8 Å². The molecule has 4 aromatic rings. The van der Waals surface area contributed by atoms with Gasteiger partial charge in [0.15, 0.2) is 5.78 Å². The van der Waals surface area contributed by atoms with Crippen molar-refractivity contribution in [3.8, 4) is 11.5 Å². The van der Waals surface area contributed by atoms with Gasteiger partial charge in [0.25, 0.3) is 0 Å². The number of carbonyl (C=O) groups is 4. The summed E-state index contributed by atoms with van der Waals surface area (Å²) in [5.41, 5.74) is 3.85. The van der Waals surface area contributed by atoms with Gasteiger partial charge in [-0.15, -0.1) is 5.10 Å². The van der Waals surface area contributed by atoms with Gasteiger partial charge in [-0.05, 0) is 96.7 Å². The Labute approximate surface area is 356 Å². The number of fused-ring (bicyclic) bond motifs is 1. The van der Waals surface area contributed by atoms with Crippen molar-refractivity contribution in [3.05, 3.63) is 83.9 Å². The van der Waals surface area contributed by atoms with Crippen molar-refractivity contribution in [3.63, 3.8) is 0 Å². The van der Waals surface area contributed by atoms with Gasteiger partial charge < -0.3 is 18.9 Å². The monoisotopic (exact) mass is 911 g/mol. The second kappa shape index (κ2) is 26.3. The highest BCUT2D eigenvalue weighted by molar-refractivity contribution is 9.10. The number of aromatic nitrogens is 3. The molecule has 3 aromatic carbocycles. The van der Waals surface area contributed by atoms with Gasteiger partial charge >= 0.3 is 22.7 Å². The average Bonchev–Trinajstić information content (AvgIpc) is 3.61. The van der Waals surface area contributed by atoms with E-state index in [2.05, 4.69) is 27.3 Å². The Balaban J connectivity index is 0.000000359. The quantitative estimate of drug-likeness (QED) is 0.0430. The van der Waals surface area contributed by atoms with Gasteiger partial charge in [-0.2, -0.15) is 17.6 Å². The van der Waals surface area contributed by atoms with Gasteiger partial charge in [0, 0.05) is 46.3 Å². The summed E-state index contributed by atoms with van der Waals surface area (Å²) in [4.78, 5) is 44.3. The molecule has 60 heavy (non-hydrogen) atoms. The maximum absolute atomic E-state index is 13.8. The number of nitrogens with zero attached hydrogens (tertiary/aromatic N) is 5. The fourth-order valence-corrected chi connectivity index (χ4v) is 5.36. The first-order valence-corrected chi connectivity index (χ1v) is 20.0. The lowest BCUT2D eigenvalue weighted by Gasteiger charge is -2.26. The van der Waals surface area contributed by atoms with Gasteiger partial charge in [-0.1, -0.05) is 41.6 Å². The van der Waals surface area contributed by atoms with Gasteiger partial charge in [-0.3, -0.25) is 29.0 Å². The summed E-state index contributed by atoms with van der Waals surface area (Å²) in [7, 11) is 3.20. The van der Waals surface area contributed by atoms with Crippen LogP contribution in [0.5, 0.6) is 11.5 Å². The standard InChI is InChI=1S/C21H26N4O3.C18H25F2NO4.C3H3BrF2O/c1-3-28-21(26)9-6-14-24(15-17-10-12-18(27-2)13-11-17)16-25-20-8-5-4-7-19(20)22-23-25;1-4-25-17(23)6-5-11-21(13-18(19,20)14(2)22)12-15-7-9-16(24-3)10-8-15;1-2(7)3(4,5)6/h4-5,7-8,10-13H,3,6,9,14-16H2,1-2H3;7-10H,4-6,11-13H2,1-3H3;1H3. The van der Waals surface area contributed by atoms with E-state index in [1.807, 2.05) is 63.9 Å². The number of ether oxygens (including phenoxy) is 4. The topological polar surface area (TPSA) is 142 Å². The summed E-state index contributed by atoms with van der Waals surface area (Å²) in [6, 6.07) is 23.0. The van der Waals surface area contributed by atoms with E-state index in [-0.39, 0.29) is 38.1 Å². The molecular weight excluding hydrogens is 858 g/mol. The maximum Gasteiger partial charge on any atom is 0.358 e. The fourth-order valence-electron chi connectivity index (χ4n) is 5.36. The second-order valence-corrected chi connectivity index (χ2v) is 14.3. The van der Waals surface area contributed by atoms with E-state index in [0.717, 1.165) is 55.7 Å². The number of hydrogen-bond donors (Lipinski definition) is 0. The Morgan fingerprint density at radius 1 is 0.700 bits per heavy atom. The normalized spacial score (nSPS) is 11.3. The molecule has 13 nitrogen and oxygen atoms in total. The number of rotatable bonds is 22. The first-order chi connectivity index (χ1) is 28.4. The number of halogens is 5. The molecule has 0 aliphatic heterocycles. The second-order valence-electron chi connectivity index (χ2n) is 13.3. The van der Waals surface area contributed by atoms with E-state index in [9.17, 15) is 36.7 Å². The van der Waals surface area contributed by atoms with Crippen LogP contribution in [-0.4, -0.2) is 106 Å². The van der Waals surface area contributed by atoms with Gasteiger partial charge in [0.1, 0.15) is 17.0 Å². The molecule has 4 rings (SSSR count). The molecule has 0 radical (unpaired) electrons. The molecule has 0 amide bonds. The highest BCUT2D eigenvalue weighted by Crippen LogP contribution is 2.22. The molecule has 0 aliphatic rings. The van der Waals surface area contributed by atoms with Crippen molar-refractivity contribution in [2.45, 2.75) is 83.9 Å². The van der Waals surface area contributed by atoms with Crippen molar-refractivity contribution in [2.75, 3.05) is 47.1 Å². The predicted molar refractivity (Wildman–Crippen MR) is 221 cm³/mol. The van der Waals surface area contributed by atoms with Crippen LogP contribution in [-0.2, 0) is 48.4 Å². The molecule has 1 heterocycles. The SMILES string of the molecule is CC(=O)C(F)(F)Br.CCOC(=O)CCCN(Cc1ccc(OC)cc1)CC(F)(F)C(C)=O.CCOC(=O)CCCN(Cc1ccc(OC)cc1)Cn1nnc2ccccc21. The minimum Gasteiger partial charge on any atom is -0.497 e. The molecule has 0 fully saturated rings. The maximum atomic E-state index is 13.8. The Bertz CT molecular complexity index is 1910. The van der Waals surface area contributed by atoms with E-state index < -0.39 is 28.9 Å². The lowest BCUT2D eigenvalue weighted by molar-refractivity contribution is -0.145. The van der Waals surface area contributed by atoms with Gasteiger partial charge in [0.05, 0.1) is 46.2 Å². The molecular formula is C42H54BrF4N5O8. The largest absolute Gasteiger partial charge is 0.497 e. The van der Waals surface area contributed by atoms with Gasteiger partial charge in [-0.25, -0.2) is 4.68 Å². The van der Waals surface area contributed by atoms with E-state index >= 15 is 0 Å². The minimum atomic E-state index is -3.42. The number of para-hydroxylation sites is 1. The van der Waals surface area contributed by atoms with E-state index in [1.165, 1.54) is 10.5 Å². The molecule has 0 aliphatic carbocycles. The number of alkyl halides is 5. The molecule has 18 heteroatoms. The summed E-state index contributed by atoms with van der Waals surface area (Å²) in [5, 5.41) is 8.52. The summed E-state index contributed by atoms with van der Waals surface area (Å²) in [6.07, 6.45) is 1.66. The average molecular weight is 913 g/mol. The first kappa shape index (κ1) is 51.2. The number of Topliss-reactive ketones (excluding diaryl/α,β-unsaturated/α-hetero) is 2. The Kier molecular flexibility index (Phi) is 22.5. The molecule has 0 atom stereocenters. The highest BCUT2D eigenvalue weighted by Gasteiger charge is 2.37. The number of carbonyl (C=O) groups excluding carboxylic acids is 4. The zero-order valence-corrected chi connectivity index (χ0v) is 36.4. The van der Waals surface area contributed by atoms with Crippen molar-refractivity contribution < 1.29 is 55.7 Å². The molecule has 0 saturated heterocycles. The lowest BCUT2D eigenvalue weighted by Crippen LogP contribution is -2.41. The number of methoxy groups -OCH3 is 2. The molecule has 1 aromatic heterocycles. The third-order valence-electron chi connectivity index (χ3n) is 8.54. The summed E-state index contributed by atoms with van der Waals surface area (Å²) in [6.45, 7) is 7.83. The summed E-state index contributed by atoms with van der Waals surface area (Å²) in [5.74, 6) is -4.77. The van der Waals surface area contributed by atoms with Gasteiger partial charge in [0.2, 0.25) is 5.78 Å². The number of esters is 2. The van der Waals surface area contributed by atoms with Crippen LogP contribution in [0.15, 0.2) is 72.8 Å². The van der Waals surface area contributed by atoms with E-state index in [1.54, 1.807) is 45.4 Å². The van der Waals surface area contributed by atoms with Crippen LogP contribution < -0.4 is 9.47 Å². The van der Waals surface area contributed by atoms with Crippen LogP contribution in [0.1, 0.15) is 64.5 Å². The third-order valence-corrected chi connectivity index (χ3v) is 9.10. The Morgan fingerprint density at radius 3 is 1.58 bits per heavy atom. The minimum absolute atomic E-state index is 0.151. The summed E-state index contributed by atoms with van der Waals surface area (Å²) < 4.78 is 72.5. The summed E-state index contributed by atoms with van der Waals surface area (Å²) >= 11 is 1.86. The van der Waals surface area contributed by atoms with E-state index in [4.69, 9.17) is 18.9 Å². The number of ketones is 2. The predicted octanol–water partition coefficient (Wildman–Crippen LogP) is 7.87. The zero-order valence-electron chi connectivity index (χ0n) is 34.8. The first-order valence-electron chi connectivity index (χ1n) is 19.2. The zero-order chi connectivity index (χ0) is 44.7. The van der Waals surface area contributed by atoms with Crippen molar-refractivity contribution >= 4 is 50.5 Å². The molecule has 0 spiro atoms. The molecule has 0 unspecified atom stereocenters.